The predicted molar refractivity (Wildman–Crippen MR) is 167 cm³/mol. The van der Waals surface area contributed by atoms with Gasteiger partial charge in [-0.2, -0.15) is 0 Å². The van der Waals surface area contributed by atoms with Crippen LogP contribution in [0.2, 0.25) is 20.1 Å². The highest BCUT2D eigenvalue weighted by atomic mass is 35.5. The Morgan fingerprint density at radius 2 is 0.684 bits per heavy atom. The topological polar surface area (TPSA) is 0 Å². The van der Waals surface area contributed by atoms with Gasteiger partial charge in [0.1, 0.15) is 0 Å². The molecule has 4 rings (SSSR count). The second-order valence-corrected chi connectivity index (χ2v) is 11.5. The van der Waals surface area contributed by atoms with E-state index in [-0.39, 0.29) is 0 Å². The van der Waals surface area contributed by atoms with Crippen LogP contribution in [0.1, 0.15) is 58.4 Å². The Hall–Kier alpha value is -1.96. The second kappa shape index (κ2) is 13.9. The van der Waals surface area contributed by atoms with E-state index in [1.165, 1.54) is 33.4 Å². The molecule has 4 heteroatoms. The first-order chi connectivity index (χ1) is 18.4. The monoisotopic (exact) mass is 582 g/mol. The molecular formula is C34H34Cl4. The SMILES string of the molecule is CCc1ccc(CCc2ccc(CCc3ccc(CCc4ccc(CC)c(Cl)c4)c(Cl)c3)c(Cl)c2)c(Cl)c1. The summed E-state index contributed by atoms with van der Waals surface area (Å²) in [4.78, 5) is 0. The zero-order valence-corrected chi connectivity index (χ0v) is 25.1. The van der Waals surface area contributed by atoms with Crippen molar-refractivity contribution in [1.82, 2.24) is 0 Å². The van der Waals surface area contributed by atoms with Crippen LogP contribution in [0.15, 0.2) is 72.8 Å². The van der Waals surface area contributed by atoms with Crippen molar-refractivity contribution in [2.45, 2.75) is 65.2 Å². The van der Waals surface area contributed by atoms with Crippen LogP contribution in [-0.2, 0) is 51.4 Å². The van der Waals surface area contributed by atoms with Gasteiger partial charge in [0.15, 0.2) is 0 Å². The normalized spacial score (nSPS) is 11.2. The third-order valence-electron chi connectivity index (χ3n) is 7.31. The van der Waals surface area contributed by atoms with E-state index in [0.29, 0.717) is 0 Å². The lowest BCUT2D eigenvalue weighted by Crippen LogP contribution is -1.98. The Bertz CT molecular complexity index is 1390. The van der Waals surface area contributed by atoms with Gasteiger partial charge in [-0.15, -0.1) is 0 Å². The molecule has 4 aromatic rings. The molecule has 0 radical (unpaired) electrons. The summed E-state index contributed by atoms with van der Waals surface area (Å²) < 4.78 is 0. The maximum absolute atomic E-state index is 6.67. The molecule has 0 aliphatic carbocycles. The lowest BCUT2D eigenvalue weighted by molar-refractivity contribution is 0.931. The first-order valence-electron chi connectivity index (χ1n) is 13.5. The average Bonchev–Trinajstić information content (AvgIpc) is 2.91. The van der Waals surface area contributed by atoms with E-state index in [0.717, 1.165) is 82.6 Å². The standard InChI is InChI=1S/C34H34Cl4/c1-3-23-5-13-28(32(36)19-23)14-8-25-9-17-30(34(38)21-25)18-11-26-10-16-29(33(37)22-26)15-7-24-6-12-27(4-2)31(35)20-24/h5-6,9-10,12-13,16-17,19-22H,3-4,7-8,11,14-15,18H2,1-2H3. The van der Waals surface area contributed by atoms with Crippen molar-refractivity contribution < 1.29 is 0 Å². The molecule has 198 valence electrons. The van der Waals surface area contributed by atoms with Gasteiger partial charge >= 0.3 is 0 Å². The van der Waals surface area contributed by atoms with E-state index in [1.807, 2.05) is 0 Å². The van der Waals surface area contributed by atoms with Crippen LogP contribution in [0, 0.1) is 0 Å². The summed E-state index contributed by atoms with van der Waals surface area (Å²) in [6.45, 7) is 4.26. The Morgan fingerprint density at radius 3 is 1.00 bits per heavy atom. The summed E-state index contributed by atoms with van der Waals surface area (Å²) in [6.07, 6.45) is 7.34. The maximum atomic E-state index is 6.67. The Labute approximate surface area is 247 Å². The fraction of sp³-hybridized carbons (Fsp3) is 0.294. The number of rotatable bonds is 11. The highest BCUT2D eigenvalue weighted by molar-refractivity contribution is 6.32. The average molecular weight is 584 g/mol. The van der Waals surface area contributed by atoms with Crippen LogP contribution >= 0.6 is 46.4 Å². The quantitative estimate of drug-likeness (QED) is 0.165. The first kappa shape index (κ1) is 29.0. The molecule has 38 heavy (non-hydrogen) atoms. The molecule has 0 amide bonds. The molecule has 0 unspecified atom stereocenters. The number of halogens is 4. The van der Waals surface area contributed by atoms with E-state index in [9.17, 15) is 0 Å². The zero-order valence-electron chi connectivity index (χ0n) is 22.1. The van der Waals surface area contributed by atoms with E-state index in [4.69, 9.17) is 46.4 Å². The van der Waals surface area contributed by atoms with Crippen LogP contribution in [0.5, 0.6) is 0 Å². The molecule has 0 nitrogen and oxygen atoms in total. The molecule has 0 bridgehead atoms. The van der Waals surface area contributed by atoms with Crippen molar-refractivity contribution in [3.63, 3.8) is 0 Å². The molecule has 0 aliphatic rings. The predicted octanol–water partition coefficient (Wildman–Crippen LogP) is 10.8. The first-order valence-corrected chi connectivity index (χ1v) is 15.0. The van der Waals surface area contributed by atoms with Crippen molar-refractivity contribution in [2.75, 3.05) is 0 Å². The third kappa shape index (κ3) is 7.80. The fourth-order valence-corrected chi connectivity index (χ4v) is 6.01. The minimum Gasteiger partial charge on any atom is -0.0840 e. The molecule has 0 spiro atoms. The molecule has 0 saturated heterocycles. The van der Waals surface area contributed by atoms with Crippen LogP contribution in [-0.4, -0.2) is 0 Å². The van der Waals surface area contributed by atoms with Crippen LogP contribution in [0.3, 0.4) is 0 Å². The lowest BCUT2D eigenvalue weighted by atomic mass is 9.98. The van der Waals surface area contributed by atoms with Gasteiger partial charge in [-0.25, -0.2) is 0 Å². The number of hydrogen-bond acceptors (Lipinski definition) is 0. The molecule has 0 fully saturated rings. The van der Waals surface area contributed by atoms with Gasteiger partial charge in [0.2, 0.25) is 0 Å². The van der Waals surface area contributed by atoms with Crippen molar-refractivity contribution in [3.05, 3.63) is 137 Å². The van der Waals surface area contributed by atoms with Gasteiger partial charge in [0.25, 0.3) is 0 Å². The van der Waals surface area contributed by atoms with Gasteiger partial charge in [0.05, 0.1) is 0 Å². The summed E-state index contributed by atoms with van der Waals surface area (Å²) >= 11 is 26.2. The van der Waals surface area contributed by atoms with Crippen molar-refractivity contribution in [1.29, 1.82) is 0 Å². The van der Waals surface area contributed by atoms with E-state index in [1.54, 1.807) is 0 Å². The number of hydrogen-bond donors (Lipinski definition) is 0. The smallest absolute Gasteiger partial charge is 0.0440 e. The van der Waals surface area contributed by atoms with E-state index >= 15 is 0 Å². The molecule has 4 aromatic carbocycles. The maximum Gasteiger partial charge on any atom is 0.0440 e. The molecule has 0 N–H and O–H groups in total. The molecular weight excluding hydrogens is 550 g/mol. The summed E-state index contributed by atoms with van der Waals surface area (Å²) in [5.41, 5.74) is 9.66. The van der Waals surface area contributed by atoms with Gasteiger partial charge in [-0.1, -0.05) is 109 Å². The molecule has 0 aliphatic heterocycles. The van der Waals surface area contributed by atoms with Crippen LogP contribution in [0.4, 0.5) is 0 Å². The second-order valence-electron chi connectivity index (χ2n) is 9.91. The fourth-order valence-electron chi connectivity index (χ4n) is 4.78. The Kier molecular flexibility index (Phi) is 10.6. The van der Waals surface area contributed by atoms with Gasteiger partial charge in [-0.3, -0.25) is 0 Å². The van der Waals surface area contributed by atoms with Crippen LogP contribution in [0.25, 0.3) is 0 Å². The van der Waals surface area contributed by atoms with Crippen molar-refractivity contribution in [2.24, 2.45) is 0 Å². The largest absolute Gasteiger partial charge is 0.0840 e. The van der Waals surface area contributed by atoms with Gasteiger partial charge < -0.3 is 0 Å². The number of benzene rings is 4. The zero-order chi connectivity index (χ0) is 27.1. The van der Waals surface area contributed by atoms with Crippen LogP contribution < -0.4 is 0 Å². The van der Waals surface area contributed by atoms with E-state index < -0.39 is 0 Å². The van der Waals surface area contributed by atoms with Crippen molar-refractivity contribution >= 4 is 46.4 Å². The van der Waals surface area contributed by atoms with Gasteiger partial charge in [0, 0.05) is 20.1 Å². The summed E-state index contributed by atoms with van der Waals surface area (Å²) in [5, 5.41) is 3.35. The molecule has 0 saturated carbocycles. The van der Waals surface area contributed by atoms with Crippen molar-refractivity contribution in [3.8, 4) is 0 Å². The highest BCUT2D eigenvalue weighted by Crippen LogP contribution is 2.26. The minimum atomic E-state index is 0.824. The Balaban J connectivity index is 1.31. The third-order valence-corrected chi connectivity index (χ3v) is 8.72. The molecule has 0 heterocycles. The van der Waals surface area contributed by atoms with Gasteiger partial charge in [-0.05, 0) is 120 Å². The summed E-state index contributed by atoms with van der Waals surface area (Å²) in [5.74, 6) is 0. The summed E-state index contributed by atoms with van der Waals surface area (Å²) in [7, 11) is 0. The molecule has 0 aromatic heterocycles. The Morgan fingerprint density at radius 1 is 0.368 bits per heavy atom. The van der Waals surface area contributed by atoms with E-state index in [2.05, 4.69) is 86.6 Å². The summed E-state index contributed by atoms with van der Waals surface area (Å²) in [6, 6.07) is 25.6. The molecule has 0 atom stereocenters. The minimum absolute atomic E-state index is 0.824. The highest BCUT2D eigenvalue weighted by Gasteiger charge is 2.08. The lowest BCUT2D eigenvalue weighted by Gasteiger charge is -2.11. The number of aryl methyl sites for hydroxylation is 8.